The average Bonchev–Trinajstić information content (AvgIpc) is 3.42. The van der Waals surface area contributed by atoms with Gasteiger partial charge >= 0.3 is 0 Å². The molecule has 0 unspecified atom stereocenters. The van der Waals surface area contributed by atoms with Crippen LogP contribution in [0.25, 0.3) is 21.8 Å². The molecule has 9 nitrogen and oxygen atoms in total. The number of anilines is 2. The van der Waals surface area contributed by atoms with Crippen molar-refractivity contribution in [2.24, 2.45) is 0 Å². The van der Waals surface area contributed by atoms with Crippen molar-refractivity contribution < 1.29 is 13.9 Å². The molecule has 3 aromatic carbocycles. The zero-order valence-electron chi connectivity index (χ0n) is 20.8. The van der Waals surface area contributed by atoms with Gasteiger partial charge in [-0.1, -0.05) is 29.8 Å². The Labute approximate surface area is 228 Å². The number of aromatic nitrogens is 4. The fourth-order valence-corrected chi connectivity index (χ4v) is 4.89. The summed E-state index contributed by atoms with van der Waals surface area (Å²) < 4.78 is 19.7. The first-order valence-electron chi connectivity index (χ1n) is 12.6. The normalized spacial score (nSPS) is 14.0. The molecule has 3 heterocycles. The third kappa shape index (κ3) is 5.47. The summed E-state index contributed by atoms with van der Waals surface area (Å²) in [5, 5.41) is 18.2. The number of halogens is 2. The SMILES string of the molecule is O=C(NCc1ccc(F)cc1Cl)c1cc(Nc2ncc3cccc(OC4CCNCC4)c3n2)cc2[nH]ncc12. The first-order chi connectivity index (χ1) is 19.0. The maximum Gasteiger partial charge on any atom is 0.252 e. The summed E-state index contributed by atoms with van der Waals surface area (Å²) in [5.41, 5.74) is 2.99. The van der Waals surface area contributed by atoms with Crippen LogP contribution in [-0.2, 0) is 6.54 Å². The van der Waals surface area contributed by atoms with E-state index in [1.165, 1.54) is 12.1 Å². The second-order valence-corrected chi connectivity index (χ2v) is 9.76. The standard InChI is InChI=1S/C28H25ClFN7O2/c29-23-10-18(30)5-4-16(23)13-32-27(38)21-11-19(12-24-22(21)15-34-37-24)35-28-33-14-17-2-1-3-25(26(17)36-28)39-20-6-8-31-9-7-20/h1-5,10-12,14-15,20,31H,6-9,13H2,(H,32,38)(H,34,37)(H,33,35,36). The van der Waals surface area contributed by atoms with Crippen molar-refractivity contribution in [3.63, 3.8) is 0 Å². The van der Waals surface area contributed by atoms with Gasteiger partial charge in [0.15, 0.2) is 0 Å². The number of amides is 1. The number of H-pyrrole nitrogens is 1. The summed E-state index contributed by atoms with van der Waals surface area (Å²) in [5.74, 6) is 0.318. The second kappa shape index (κ2) is 10.8. The highest BCUT2D eigenvalue weighted by atomic mass is 35.5. The van der Waals surface area contributed by atoms with Crippen LogP contribution in [0, 0.1) is 5.82 Å². The molecule has 0 aliphatic carbocycles. The minimum Gasteiger partial charge on any atom is -0.488 e. The van der Waals surface area contributed by atoms with E-state index in [-0.39, 0.29) is 23.6 Å². The smallest absolute Gasteiger partial charge is 0.252 e. The van der Waals surface area contributed by atoms with Gasteiger partial charge in [-0.2, -0.15) is 5.10 Å². The van der Waals surface area contributed by atoms with Crippen molar-refractivity contribution in [2.45, 2.75) is 25.5 Å². The number of piperidine rings is 1. The molecule has 1 aliphatic heterocycles. The number of benzene rings is 3. The molecule has 0 radical (unpaired) electrons. The van der Waals surface area contributed by atoms with E-state index in [2.05, 4.69) is 31.1 Å². The Morgan fingerprint density at radius 2 is 2.00 bits per heavy atom. The third-order valence-electron chi connectivity index (χ3n) is 6.67. The lowest BCUT2D eigenvalue weighted by molar-refractivity contribution is 0.0952. The summed E-state index contributed by atoms with van der Waals surface area (Å²) in [6.07, 6.45) is 5.35. The van der Waals surface area contributed by atoms with Crippen LogP contribution >= 0.6 is 11.6 Å². The van der Waals surface area contributed by atoms with E-state index in [4.69, 9.17) is 21.3 Å². The lowest BCUT2D eigenvalue weighted by atomic mass is 10.1. The van der Waals surface area contributed by atoms with Crippen molar-refractivity contribution in [1.29, 1.82) is 0 Å². The van der Waals surface area contributed by atoms with Gasteiger partial charge in [-0.15, -0.1) is 0 Å². The van der Waals surface area contributed by atoms with Gasteiger partial charge in [0.2, 0.25) is 5.95 Å². The van der Waals surface area contributed by atoms with Crippen LogP contribution in [0.5, 0.6) is 5.75 Å². The number of nitrogens with zero attached hydrogens (tertiary/aromatic N) is 3. The average molecular weight is 546 g/mol. The monoisotopic (exact) mass is 545 g/mol. The highest BCUT2D eigenvalue weighted by molar-refractivity contribution is 6.31. The van der Waals surface area contributed by atoms with Crippen LogP contribution in [-0.4, -0.2) is 45.3 Å². The Kier molecular flexibility index (Phi) is 6.95. The highest BCUT2D eigenvalue weighted by Crippen LogP contribution is 2.29. The van der Waals surface area contributed by atoms with E-state index in [1.54, 1.807) is 24.5 Å². The number of rotatable bonds is 7. The number of fused-ring (bicyclic) bond motifs is 2. The molecule has 4 N–H and O–H groups in total. The fourth-order valence-electron chi connectivity index (χ4n) is 4.65. The number of aromatic amines is 1. The molecular weight excluding hydrogens is 521 g/mol. The summed E-state index contributed by atoms with van der Waals surface area (Å²) in [4.78, 5) is 22.4. The van der Waals surface area contributed by atoms with Gasteiger partial charge in [-0.25, -0.2) is 14.4 Å². The van der Waals surface area contributed by atoms with Gasteiger partial charge in [-0.3, -0.25) is 9.89 Å². The van der Waals surface area contributed by atoms with Gasteiger partial charge < -0.3 is 20.7 Å². The molecule has 39 heavy (non-hydrogen) atoms. The Morgan fingerprint density at radius 1 is 1.13 bits per heavy atom. The van der Waals surface area contributed by atoms with Crippen LogP contribution in [0.4, 0.5) is 16.0 Å². The summed E-state index contributed by atoms with van der Waals surface area (Å²) >= 11 is 6.12. The van der Waals surface area contributed by atoms with Gasteiger partial charge in [0, 0.05) is 34.2 Å². The van der Waals surface area contributed by atoms with E-state index in [0.717, 1.165) is 31.3 Å². The number of para-hydroxylation sites is 1. The topological polar surface area (TPSA) is 117 Å². The summed E-state index contributed by atoms with van der Waals surface area (Å²) in [6, 6.07) is 13.4. The Balaban J connectivity index is 1.26. The predicted molar refractivity (Wildman–Crippen MR) is 148 cm³/mol. The zero-order valence-corrected chi connectivity index (χ0v) is 21.6. The molecule has 2 aromatic heterocycles. The molecule has 1 aliphatic rings. The van der Waals surface area contributed by atoms with Crippen molar-refractivity contribution in [3.8, 4) is 5.75 Å². The van der Waals surface area contributed by atoms with Gasteiger partial charge in [0.1, 0.15) is 23.2 Å². The minimum absolute atomic E-state index is 0.136. The quantitative estimate of drug-likeness (QED) is 0.225. The number of carbonyl (C=O) groups is 1. The van der Waals surface area contributed by atoms with Crippen molar-refractivity contribution in [1.82, 2.24) is 30.8 Å². The predicted octanol–water partition coefficient (Wildman–Crippen LogP) is 5.10. The number of hydrogen-bond donors (Lipinski definition) is 4. The number of nitrogens with one attached hydrogen (secondary N) is 4. The summed E-state index contributed by atoms with van der Waals surface area (Å²) in [6.45, 7) is 2.00. The lowest BCUT2D eigenvalue weighted by Crippen LogP contribution is -2.34. The number of carbonyl (C=O) groups excluding carboxylic acids is 1. The van der Waals surface area contributed by atoms with E-state index in [1.807, 2.05) is 24.3 Å². The Bertz CT molecular complexity index is 1670. The molecule has 1 saturated heterocycles. The molecule has 198 valence electrons. The van der Waals surface area contributed by atoms with E-state index >= 15 is 0 Å². The van der Waals surface area contributed by atoms with Gasteiger partial charge in [-0.05, 0) is 61.8 Å². The first-order valence-corrected chi connectivity index (χ1v) is 13.0. The molecule has 1 amide bonds. The van der Waals surface area contributed by atoms with Crippen LogP contribution in [0.2, 0.25) is 5.02 Å². The minimum atomic E-state index is -0.435. The second-order valence-electron chi connectivity index (χ2n) is 9.35. The number of ether oxygens (including phenoxy) is 1. The Hall–Kier alpha value is -4.28. The largest absolute Gasteiger partial charge is 0.488 e. The first kappa shape index (κ1) is 25.0. The van der Waals surface area contributed by atoms with Crippen molar-refractivity contribution >= 4 is 50.9 Å². The zero-order chi connectivity index (χ0) is 26.8. The number of hydrogen-bond acceptors (Lipinski definition) is 7. The van der Waals surface area contributed by atoms with Crippen LogP contribution < -0.4 is 20.7 Å². The van der Waals surface area contributed by atoms with Crippen molar-refractivity contribution in [2.75, 3.05) is 18.4 Å². The van der Waals surface area contributed by atoms with Crippen LogP contribution in [0.1, 0.15) is 28.8 Å². The summed E-state index contributed by atoms with van der Waals surface area (Å²) in [7, 11) is 0. The highest BCUT2D eigenvalue weighted by Gasteiger charge is 2.18. The molecule has 0 spiro atoms. The lowest BCUT2D eigenvalue weighted by Gasteiger charge is -2.24. The van der Waals surface area contributed by atoms with Crippen LogP contribution in [0.3, 0.4) is 0 Å². The van der Waals surface area contributed by atoms with E-state index in [9.17, 15) is 9.18 Å². The molecule has 0 bridgehead atoms. The molecule has 11 heteroatoms. The fraction of sp³-hybridized carbons (Fsp3) is 0.214. The van der Waals surface area contributed by atoms with Gasteiger partial charge in [0.05, 0.1) is 17.3 Å². The third-order valence-corrected chi connectivity index (χ3v) is 7.02. The molecular formula is C28H25ClFN7O2. The molecule has 0 atom stereocenters. The maximum absolute atomic E-state index is 13.4. The molecule has 6 rings (SSSR count). The Morgan fingerprint density at radius 3 is 2.85 bits per heavy atom. The maximum atomic E-state index is 13.4. The van der Waals surface area contributed by atoms with E-state index in [0.29, 0.717) is 44.9 Å². The van der Waals surface area contributed by atoms with Crippen molar-refractivity contribution in [3.05, 3.63) is 82.9 Å². The molecule has 5 aromatic rings. The molecule has 0 saturated carbocycles. The molecule has 1 fully saturated rings. The van der Waals surface area contributed by atoms with E-state index < -0.39 is 5.82 Å². The van der Waals surface area contributed by atoms with Crippen LogP contribution in [0.15, 0.2) is 60.9 Å². The van der Waals surface area contributed by atoms with Gasteiger partial charge in [0.25, 0.3) is 5.91 Å².